The standard InChI is InChI=1S/C16H29N3O2/c20-15(8-7-13-4-1-2-5-13)19-12-16(21)18-11-14-6-3-9-17-10-14/h13-14,17H,1-12H2,(H,18,21)(H,19,20). The molecule has 1 unspecified atom stereocenters. The van der Waals surface area contributed by atoms with Crippen molar-refractivity contribution in [2.24, 2.45) is 11.8 Å². The lowest BCUT2D eigenvalue weighted by Crippen LogP contribution is -2.42. The molecule has 0 aromatic heterocycles. The number of rotatable bonds is 7. The average molecular weight is 295 g/mol. The monoisotopic (exact) mass is 295 g/mol. The van der Waals surface area contributed by atoms with E-state index in [0.717, 1.165) is 25.4 Å². The molecule has 120 valence electrons. The van der Waals surface area contributed by atoms with Crippen LogP contribution >= 0.6 is 0 Å². The van der Waals surface area contributed by atoms with Gasteiger partial charge < -0.3 is 16.0 Å². The Kier molecular flexibility index (Phi) is 7.00. The largest absolute Gasteiger partial charge is 0.354 e. The molecule has 2 aliphatic rings. The summed E-state index contributed by atoms with van der Waals surface area (Å²) >= 11 is 0. The van der Waals surface area contributed by atoms with Crippen LogP contribution in [0.1, 0.15) is 51.4 Å². The van der Waals surface area contributed by atoms with Crippen molar-refractivity contribution in [3.63, 3.8) is 0 Å². The molecule has 2 fully saturated rings. The minimum absolute atomic E-state index is 0.0105. The van der Waals surface area contributed by atoms with Gasteiger partial charge in [0.1, 0.15) is 0 Å². The highest BCUT2D eigenvalue weighted by atomic mass is 16.2. The van der Waals surface area contributed by atoms with Crippen LogP contribution in [-0.4, -0.2) is 38.0 Å². The lowest BCUT2D eigenvalue weighted by molar-refractivity contribution is -0.126. The van der Waals surface area contributed by atoms with Gasteiger partial charge in [0.2, 0.25) is 11.8 Å². The third kappa shape index (κ3) is 6.46. The smallest absolute Gasteiger partial charge is 0.239 e. The van der Waals surface area contributed by atoms with Crippen molar-refractivity contribution in [1.29, 1.82) is 0 Å². The third-order valence-corrected chi connectivity index (χ3v) is 4.69. The number of carbonyl (C=O) groups is 2. The van der Waals surface area contributed by atoms with Crippen LogP contribution in [0.3, 0.4) is 0 Å². The Bertz CT molecular complexity index is 334. The van der Waals surface area contributed by atoms with E-state index in [1.165, 1.54) is 38.5 Å². The summed E-state index contributed by atoms with van der Waals surface area (Å²) in [7, 11) is 0. The third-order valence-electron chi connectivity index (χ3n) is 4.69. The predicted octanol–water partition coefficient (Wildman–Crippen LogP) is 1.19. The molecular weight excluding hydrogens is 266 g/mol. The lowest BCUT2D eigenvalue weighted by Gasteiger charge is -2.22. The minimum Gasteiger partial charge on any atom is -0.354 e. The van der Waals surface area contributed by atoms with Crippen LogP contribution in [0.15, 0.2) is 0 Å². The summed E-state index contributed by atoms with van der Waals surface area (Å²) in [6.45, 7) is 2.89. The van der Waals surface area contributed by atoms with Crippen LogP contribution in [0, 0.1) is 11.8 Å². The van der Waals surface area contributed by atoms with Gasteiger partial charge in [-0.1, -0.05) is 25.7 Å². The minimum atomic E-state index is -0.0743. The molecule has 1 saturated heterocycles. The van der Waals surface area contributed by atoms with E-state index in [1.54, 1.807) is 0 Å². The molecule has 0 aromatic rings. The zero-order chi connectivity index (χ0) is 14.9. The topological polar surface area (TPSA) is 70.2 Å². The van der Waals surface area contributed by atoms with Crippen LogP contribution < -0.4 is 16.0 Å². The second-order valence-corrected chi connectivity index (χ2v) is 6.48. The zero-order valence-corrected chi connectivity index (χ0v) is 13.0. The summed E-state index contributed by atoms with van der Waals surface area (Å²) in [6.07, 6.45) is 9.03. The highest BCUT2D eigenvalue weighted by Crippen LogP contribution is 2.28. The van der Waals surface area contributed by atoms with Gasteiger partial charge in [-0.15, -0.1) is 0 Å². The van der Waals surface area contributed by atoms with Crippen molar-refractivity contribution in [2.75, 3.05) is 26.2 Å². The molecule has 0 aromatic carbocycles. The van der Waals surface area contributed by atoms with Gasteiger partial charge in [0.15, 0.2) is 0 Å². The maximum absolute atomic E-state index is 11.7. The van der Waals surface area contributed by atoms with Gasteiger partial charge in [-0.05, 0) is 44.2 Å². The fourth-order valence-corrected chi connectivity index (χ4v) is 3.32. The van der Waals surface area contributed by atoms with E-state index in [9.17, 15) is 9.59 Å². The molecule has 0 bridgehead atoms. The highest BCUT2D eigenvalue weighted by molar-refractivity contribution is 5.84. The van der Waals surface area contributed by atoms with E-state index in [1.807, 2.05) is 0 Å². The SMILES string of the molecule is O=C(CCC1CCCC1)NCC(=O)NCC1CCCNC1. The first kappa shape index (κ1) is 16.3. The van der Waals surface area contributed by atoms with E-state index in [2.05, 4.69) is 16.0 Å². The molecule has 1 heterocycles. The van der Waals surface area contributed by atoms with E-state index < -0.39 is 0 Å². The molecular formula is C16H29N3O2. The Labute approximate surface area is 127 Å². The average Bonchev–Trinajstić information content (AvgIpc) is 3.03. The molecule has 0 radical (unpaired) electrons. The summed E-state index contributed by atoms with van der Waals surface area (Å²) in [5.41, 5.74) is 0. The van der Waals surface area contributed by atoms with Gasteiger partial charge >= 0.3 is 0 Å². The van der Waals surface area contributed by atoms with Crippen molar-refractivity contribution in [1.82, 2.24) is 16.0 Å². The zero-order valence-electron chi connectivity index (χ0n) is 13.0. The number of hydrogen-bond acceptors (Lipinski definition) is 3. The Morgan fingerprint density at radius 3 is 2.43 bits per heavy atom. The van der Waals surface area contributed by atoms with Gasteiger partial charge in [-0.25, -0.2) is 0 Å². The fraction of sp³-hybridized carbons (Fsp3) is 0.875. The lowest BCUT2D eigenvalue weighted by atomic mass is 10.00. The van der Waals surface area contributed by atoms with Crippen LogP contribution in [0.5, 0.6) is 0 Å². The molecule has 21 heavy (non-hydrogen) atoms. The first-order valence-corrected chi connectivity index (χ1v) is 8.48. The van der Waals surface area contributed by atoms with E-state index in [-0.39, 0.29) is 18.4 Å². The highest BCUT2D eigenvalue weighted by Gasteiger charge is 2.17. The predicted molar refractivity (Wildman–Crippen MR) is 82.8 cm³/mol. The molecule has 1 saturated carbocycles. The van der Waals surface area contributed by atoms with Crippen LogP contribution in [0.2, 0.25) is 0 Å². The Morgan fingerprint density at radius 1 is 0.952 bits per heavy atom. The van der Waals surface area contributed by atoms with Gasteiger partial charge in [0, 0.05) is 13.0 Å². The molecule has 5 nitrogen and oxygen atoms in total. The Balaban J connectivity index is 1.50. The van der Waals surface area contributed by atoms with Crippen LogP contribution in [0.4, 0.5) is 0 Å². The van der Waals surface area contributed by atoms with Gasteiger partial charge in [0.05, 0.1) is 6.54 Å². The molecule has 1 atom stereocenters. The number of piperidine rings is 1. The Hall–Kier alpha value is -1.10. The van der Waals surface area contributed by atoms with Crippen LogP contribution in [0.25, 0.3) is 0 Å². The van der Waals surface area contributed by atoms with E-state index in [4.69, 9.17) is 0 Å². The normalized spacial score (nSPS) is 23.0. The van der Waals surface area contributed by atoms with Gasteiger partial charge in [-0.2, -0.15) is 0 Å². The number of nitrogens with one attached hydrogen (secondary N) is 3. The second kappa shape index (κ2) is 9.03. The van der Waals surface area contributed by atoms with Crippen molar-refractivity contribution in [2.45, 2.75) is 51.4 Å². The Morgan fingerprint density at radius 2 is 1.71 bits per heavy atom. The van der Waals surface area contributed by atoms with Crippen molar-refractivity contribution in [3.8, 4) is 0 Å². The van der Waals surface area contributed by atoms with Crippen molar-refractivity contribution < 1.29 is 9.59 Å². The maximum atomic E-state index is 11.7. The van der Waals surface area contributed by atoms with Gasteiger partial charge in [-0.3, -0.25) is 9.59 Å². The molecule has 1 aliphatic carbocycles. The maximum Gasteiger partial charge on any atom is 0.239 e. The number of amides is 2. The summed E-state index contributed by atoms with van der Waals surface area (Å²) < 4.78 is 0. The van der Waals surface area contributed by atoms with Gasteiger partial charge in [0.25, 0.3) is 0 Å². The first-order valence-electron chi connectivity index (χ1n) is 8.48. The van der Waals surface area contributed by atoms with E-state index >= 15 is 0 Å². The molecule has 2 amide bonds. The second-order valence-electron chi connectivity index (χ2n) is 6.48. The first-order chi connectivity index (χ1) is 10.2. The summed E-state index contributed by atoms with van der Waals surface area (Å²) in [6, 6.07) is 0. The number of hydrogen-bond donors (Lipinski definition) is 3. The van der Waals surface area contributed by atoms with Crippen molar-refractivity contribution in [3.05, 3.63) is 0 Å². The quantitative estimate of drug-likeness (QED) is 0.661. The molecule has 1 aliphatic heterocycles. The van der Waals surface area contributed by atoms with Crippen LogP contribution in [-0.2, 0) is 9.59 Å². The summed E-state index contributed by atoms with van der Waals surface area (Å²) in [5, 5.41) is 8.97. The van der Waals surface area contributed by atoms with Crippen molar-refractivity contribution >= 4 is 11.8 Å². The number of carbonyl (C=O) groups excluding carboxylic acids is 2. The summed E-state index contributed by atoms with van der Waals surface area (Å²) in [4.78, 5) is 23.4. The molecule has 3 N–H and O–H groups in total. The van der Waals surface area contributed by atoms with E-state index in [0.29, 0.717) is 18.9 Å². The molecule has 5 heteroatoms. The fourth-order valence-electron chi connectivity index (χ4n) is 3.32. The summed E-state index contributed by atoms with van der Waals surface area (Å²) in [5.74, 6) is 1.19. The molecule has 0 spiro atoms. The molecule has 2 rings (SSSR count).